The number of carbonyl (C=O) groups is 1. The number of benzene rings is 1. The molecule has 1 atom stereocenters. The number of nitrogens with one attached hydrogen (secondary N) is 1. The molecule has 2 heterocycles. The standard InChI is InChI=1S/C16H18N4O3S2/c1-11(25-16(24)20-7-9-22-10-8-20)13(21)17-15-19-18-14(23-15)12-5-3-2-4-6-12/h2-6,11H,7-10H2,1H3,(H,17,19,21). The van der Waals surface area contributed by atoms with E-state index in [2.05, 4.69) is 15.5 Å². The maximum absolute atomic E-state index is 12.3. The van der Waals surface area contributed by atoms with Gasteiger partial charge in [0.15, 0.2) is 0 Å². The van der Waals surface area contributed by atoms with E-state index in [0.717, 1.165) is 18.7 Å². The van der Waals surface area contributed by atoms with Gasteiger partial charge in [-0.3, -0.25) is 10.1 Å². The van der Waals surface area contributed by atoms with E-state index in [9.17, 15) is 4.79 Å². The fourth-order valence-electron chi connectivity index (χ4n) is 2.20. The molecule has 1 aromatic carbocycles. The molecule has 1 aliphatic rings. The van der Waals surface area contributed by atoms with Crippen LogP contribution >= 0.6 is 24.0 Å². The van der Waals surface area contributed by atoms with Crippen LogP contribution in [0, 0.1) is 0 Å². The number of anilines is 1. The summed E-state index contributed by atoms with van der Waals surface area (Å²) in [5.41, 5.74) is 0.798. The maximum atomic E-state index is 12.3. The van der Waals surface area contributed by atoms with Crippen molar-refractivity contribution in [2.45, 2.75) is 12.2 Å². The summed E-state index contributed by atoms with van der Waals surface area (Å²) in [4.78, 5) is 14.4. The highest BCUT2D eigenvalue weighted by molar-refractivity contribution is 8.23. The zero-order valence-corrected chi connectivity index (χ0v) is 15.3. The van der Waals surface area contributed by atoms with Crippen LogP contribution in [-0.4, -0.2) is 56.9 Å². The highest BCUT2D eigenvalue weighted by atomic mass is 32.2. The molecule has 2 aromatic rings. The first-order valence-corrected chi connectivity index (χ1v) is 9.15. The first-order chi connectivity index (χ1) is 12.1. The Morgan fingerprint density at radius 1 is 1.28 bits per heavy atom. The molecule has 0 aliphatic carbocycles. The highest BCUT2D eigenvalue weighted by Gasteiger charge is 2.22. The lowest BCUT2D eigenvalue weighted by molar-refractivity contribution is -0.115. The molecule has 9 heteroatoms. The molecule has 25 heavy (non-hydrogen) atoms. The van der Waals surface area contributed by atoms with E-state index in [4.69, 9.17) is 21.4 Å². The van der Waals surface area contributed by atoms with Gasteiger partial charge in [-0.1, -0.05) is 47.3 Å². The van der Waals surface area contributed by atoms with Crippen LogP contribution in [0.3, 0.4) is 0 Å². The van der Waals surface area contributed by atoms with Crippen LogP contribution in [0.2, 0.25) is 0 Å². The van der Waals surface area contributed by atoms with Gasteiger partial charge in [0.1, 0.15) is 4.32 Å². The average Bonchev–Trinajstić information content (AvgIpc) is 3.11. The van der Waals surface area contributed by atoms with Crippen LogP contribution in [0.25, 0.3) is 11.5 Å². The summed E-state index contributed by atoms with van der Waals surface area (Å²) in [6.07, 6.45) is 0. The SMILES string of the molecule is CC(SC(=S)N1CCOCC1)C(=O)Nc1nnc(-c2ccccc2)o1. The van der Waals surface area contributed by atoms with Crippen molar-refractivity contribution >= 4 is 40.2 Å². The van der Waals surface area contributed by atoms with E-state index in [1.807, 2.05) is 35.2 Å². The summed E-state index contributed by atoms with van der Waals surface area (Å²) in [5.74, 6) is 0.129. The van der Waals surface area contributed by atoms with Crippen LogP contribution < -0.4 is 5.32 Å². The predicted octanol–water partition coefficient (Wildman–Crippen LogP) is 2.41. The number of hydrogen-bond acceptors (Lipinski definition) is 7. The molecule has 1 N–H and O–H groups in total. The zero-order chi connectivity index (χ0) is 17.6. The predicted molar refractivity (Wildman–Crippen MR) is 100 cm³/mol. The van der Waals surface area contributed by atoms with Crippen LogP contribution in [0.15, 0.2) is 34.7 Å². The van der Waals surface area contributed by atoms with Gasteiger partial charge >= 0.3 is 6.01 Å². The molecule has 1 amide bonds. The van der Waals surface area contributed by atoms with Gasteiger partial charge in [-0.15, -0.1) is 5.10 Å². The molecule has 0 saturated carbocycles. The number of rotatable bonds is 4. The third kappa shape index (κ3) is 4.77. The summed E-state index contributed by atoms with van der Waals surface area (Å²) in [7, 11) is 0. The van der Waals surface area contributed by atoms with E-state index < -0.39 is 0 Å². The number of nitrogens with zero attached hydrogens (tertiary/aromatic N) is 3. The summed E-state index contributed by atoms with van der Waals surface area (Å²) in [6, 6.07) is 9.45. The van der Waals surface area contributed by atoms with Crippen molar-refractivity contribution in [2.24, 2.45) is 0 Å². The van der Waals surface area contributed by atoms with Crippen molar-refractivity contribution in [3.05, 3.63) is 30.3 Å². The van der Waals surface area contributed by atoms with Gasteiger partial charge in [-0.25, -0.2) is 0 Å². The number of ether oxygens (including phenoxy) is 1. The van der Waals surface area contributed by atoms with Gasteiger partial charge in [0.25, 0.3) is 0 Å². The fourth-order valence-corrected chi connectivity index (χ4v) is 3.62. The number of thioether (sulfide) groups is 1. The number of hydrogen-bond donors (Lipinski definition) is 1. The largest absolute Gasteiger partial charge is 0.403 e. The number of morpholine rings is 1. The number of aromatic nitrogens is 2. The highest BCUT2D eigenvalue weighted by Crippen LogP contribution is 2.21. The summed E-state index contributed by atoms with van der Waals surface area (Å²) < 4.78 is 11.5. The summed E-state index contributed by atoms with van der Waals surface area (Å²) >= 11 is 6.74. The lowest BCUT2D eigenvalue weighted by Gasteiger charge is -2.29. The molecule has 1 unspecified atom stereocenters. The molecular weight excluding hydrogens is 360 g/mol. The van der Waals surface area contributed by atoms with Crippen LogP contribution in [0.1, 0.15) is 6.92 Å². The Labute approximate surface area is 155 Å². The third-order valence-electron chi connectivity index (χ3n) is 3.59. The monoisotopic (exact) mass is 378 g/mol. The van der Waals surface area contributed by atoms with Crippen molar-refractivity contribution in [3.8, 4) is 11.5 Å². The van der Waals surface area contributed by atoms with Gasteiger partial charge < -0.3 is 14.1 Å². The van der Waals surface area contributed by atoms with E-state index in [-0.39, 0.29) is 17.2 Å². The number of carbonyl (C=O) groups excluding carboxylic acids is 1. The second-order valence-corrected chi connectivity index (χ2v) is 7.37. The Morgan fingerprint density at radius 2 is 2.00 bits per heavy atom. The Hall–Kier alpha value is -1.97. The molecular formula is C16H18N4O3S2. The van der Waals surface area contributed by atoms with Gasteiger partial charge in [0.05, 0.1) is 18.5 Å². The smallest absolute Gasteiger partial charge is 0.322 e. The summed E-state index contributed by atoms with van der Waals surface area (Å²) in [5, 5.41) is 10.1. The molecule has 7 nitrogen and oxygen atoms in total. The van der Waals surface area contributed by atoms with Crippen molar-refractivity contribution in [1.82, 2.24) is 15.1 Å². The van der Waals surface area contributed by atoms with Gasteiger partial charge in [-0.05, 0) is 19.1 Å². The maximum Gasteiger partial charge on any atom is 0.322 e. The zero-order valence-electron chi connectivity index (χ0n) is 13.7. The molecule has 3 rings (SSSR count). The molecule has 1 aromatic heterocycles. The fraction of sp³-hybridized carbons (Fsp3) is 0.375. The second-order valence-electron chi connectivity index (χ2n) is 5.39. The topological polar surface area (TPSA) is 80.5 Å². The van der Waals surface area contributed by atoms with E-state index in [1.54, 1.807) is 6.92 Å². The molecule has 132 valence electrons. The molecule has 0 bridgehead atoms. The summed E-state index contributed by atoms with van der Waals surface area (Å²) in [6.45, 7) is 4.62. The molecule has 0 spiro atoms. The Balaban J connectivity index is 1.54. The second kappa shape index (κ2) is 8.41. The molecule has 0 radical (unpaired) electrons. The van der Waals surface area contributed by atoms with Crippen molar-refractivity contribution in [3.63, 3.8) is 0 Å². The van der Waals surface area contributed by atoms with Crippen LogP contribution in [-0.2, 0) is 9.53 Å². The van der Waals surface area contributed by atoms with E-state index in [1.165, 1.54) is 11.8 Å². The lowest BCUT2D eigenvalue weighted by Crippen LogP contribution is -2.39. The van der Waals surface area contributed by atoms with E-state index >= 15 is 0 Å². The van der Waals surface area contributed by atoms with Crippen LogP contribution in [0.5, 0.6) is 0 Å². The minimum Gasteiger partial charge on any atom is -0.403 e. The van der Waals surface area contributed by atoms with Gasteiger partial charge in [-0.2, -0.15) is 0 Å². The number of thiocarbonyl (C=S) groups is 1. The van der Waals surface area contributed by atoms with Crippen molar-refractivity contribution < 1.29 is 13.9 Å². The number of amides is 1. The third-order valence-corrected chi connectivity index (χ3v) is 5.17. The van der Waals surface area contributed by atoms with Gasteiger partial charge in [0.2, 0.25) is 11.8 Å². The Kier molecular flexibility index (Phi) is 6.00. The normalized spacial score (nSPS) is 15.6. The minimum absolute atomic E-state index is 0.0774. The minimum atomic E-state index is -0.373. The first kappa shape index (κ1) is 17.8. The first-order valence-electron chi connectivity index (χ1n) is 7.86. The van der Waals surface area contributed by atoms with E-state index in [0.29, 0.717) is 23.4 Å². The molecule has 1 aliphatic heterocycles. The van der Waals surface area contributed by atoms with Crippen molar-refractivity contribution in [1.29, 1.82) is 0 Å². The Bertz CT molecular complexity index is 732. The molecule has 1 fully saturated rings. The van der Waals surface area contributed by atoms with Crippen LogP contribution in [0.4, 0.5) is 6.01 Å². The average molecular weight is 378 g/mol. The van der Waals surface area contributed by atoms with Gasteiger partial charge in [0, 0.05) is 18.7 Å². The Morgan fingerprint density at radius 3 is 2.72 bits per heavy atom. The quantitative estimate of drug-likeness (QED) is 0.813. The molecule has 1 saturated heterocycles. The lowest BCUT2D eigenvalue weighted by atomic mass is 10.2. The van der Waals surface area contributed by atoms with Crippen molar-refractivity contribution in [2.75, 3.05) is 31.6 Å².